The lowest BCUT2D eigenvalue weighted by Crippen LogP contribution is -2.32. The molecule has 0 aromatic rings. The lowest BCUT2D eigenvalue weighted by atomic mass is 10.3. The molecular formula is C8H16O3S. The van der Waals surface area contributed by atoms with Crippen molar-refractivity contribution in [1.29, 1.82) is 0 Å². The standard InChI is InChI=1S/C8H16O3S/c1-6-7(11-6)5-12(9,10)8(2,3)4/h6-7H,5H2,1-4H3. The van der Waals surface area contributed by atoms with Crippen molar-refractivity contribution in [2.75, 3.05) is 5.75 Å². The fraction of sp³-hybridized carbons (Fsp3) is 1.00. The minimum absolute atomic E-state index is 0.0609. The quantitative estimate of drug-likeness (QED) is 0.613. The number of rotatable bonds is 2. The van der Waals surface area contributed by atoms with E-state index in [1.807, 2.05) is 6.92 Å². The van der Waals surface area contributed by atoms with Crippen LogP contribution in [0.2, 0.25) is 0 Å². The summed E-state index contributed by atoms with van der Waals surface area (Å²) >= 11 is 0. The van der Waals surface area contributed by atoms with Crippen LogP contribution in [0.1, 0.15) is 27.7 Å². The summed E-state index contributed by atoms with van der Waals surface area (Å²) < 4.78 is 27.6. The predicted molar refractivity (Wildman–Crippen MR) is 47.9 cm³/mol. The first-order chi connectivity index (χ1) is 5.24. The highest BCUT2D eigenvalue weighted by molar-refractivity contribution is 7.92. The van der Waals surface area contributed by atoms with Gasteiger partial charge in [-0.2, -0.15) is 0 Å². The van der Waals surface area contributed by atoms with Crippen molar-refractivity contribution in [3.8, 4) is 0 Å². The topological polar surface area (TPSA) is 46.7 Å². The summed E-state index contributed by atoms with van der Waals surface area (Å²) in [6, 6.07) is 0. The van der Waals surface area contributed by atoms with E-state index in [1.54, 1.807) is 20.8 Å². The van der Waals surface area contributed by atoms with Gasteiger partial charge in [-0.1, -0.05) is 0 Å². The number of ether oxygens (including phenoxy) is 1. The van der Waals surface area contributed by atoms with Crippen LogP contribution in [0, 0.1) is 0 Å². The lowest BCUT2D eigenvalue weighted by Gasteiger charge is -2.18. The zero-order valence-electron chi connectivity index (χ0n) is 7.99. The number of hydrogen-bond acceptors (Lipinski definition) is 3. The van der Waals surface area contributed by atoms with Crippen molar-refractivity contribution in [2.45, 2.75) is 44.6 Å². The third-order valence-electron chi connectivity index (χ3n) is 2.15. The number of epoxide rings is 1. The van der Waals surface area contributed by atoms with E-state index >= 15 is 0 Å². The van der Waals surface area contributed by atoms with Crippen molar-refractivity contribution in [2.24, 2.45) is 0 Å². The van der Waals surface area contributed by atoms with Crippen molar-refractivity contribution >= 4 is 9.84 Å². The Balaban J connectivity index is 2.62. The van der Waals surface area contributed by atoms with Gasteiger partial charge in [-0.3, -0.25) is 0 Å². The average molecular weight is 192 g/mol. The second-order valence-electron chi connectivity index (χ2n) is 4.27. The van der Waals surface area contributed by atoms with Gasteiger partial charge in [0.2, 0.25) is 0 Å². The lowest BCUT2D eigenvalue weighted by molar-refractivity contribution is 0.388. The van der Waals surface area contributed by atoms with Crippen LogP contribution < -0.4 is 0 Å². The zero-order valence-corrected chi connectivity index (χ0v) is 8.81. The molecule has 0 aromatic heterocycles. The molecule has 1 saturated heterocycles. The summed E-state index contributed by atoms with van der Waals surface area (Å²) in [6.45, 7) is 7.04. The van der Waals surface area contributed by atoms with Gasteiger partial charge in [0.05, 0.1) is 22.7 Å². The van der Waals surface area contributed by atoms with E-state index in [-0.39, 0.29) is 18.0 Å². The summed E-state index contributed by atoms with van der Waals surface area (Å²) in [5, 5.41) is 0. The fourth-order valence-corrected chi connectivity index (χ4v) is 2.15. The molecule has 0 radical (unpaired) electrons. The van der Waals surface area contributed by atoms with Crippen molar-refractivity contribution < 1.29 is 13.2 Å². The van der Waals surface area contributed by atoms with Crippen LogP contribution in [0.15, 0.2) is 0 Å². The summed E-state index contributed by atoms with van der Waals surface area (Å²) in [5.74, 6) is 0.164. The van der Waals surface area contributed by atoms with Crippen LogP contribution in [0.4, 0.5) is 0 Å². The van der Waals surface area contributed by atoms with Crippen molar-refractivity contribution in [3.63, 3.8) is 0 Å². The largest absolute Gasteiger partial charge is 0.369 e. The fourth-order valence-electron chi connectivity index (χ4n) is 0.871. The van der Waals surface area contributed by atoms with Gasteiger partial charge in [-0.25, -0.2) is 8.42 Å². The van der Waals surface area contributed by atoms with Crippen LogP contribution in [0.3, 0.4) is 0 Å². The van der Waals surface area contributed by atoms with Crippen LogP contribution in [-0.2, 0) is 14.6 Å². The van der Waals surface area contributed by atoms with Crippen molar-refractivity contribution in [3.05, 3.63) is 0 Å². The molecule has 12 heavy (non-hydrogen) atoms. The molecule has 1 aliphatic heterocycles. The third kappa shape index (κ3) is 1.98. The first-order valence-electron chi connectivity index (χ1n) is 4.12. The average Bonchev–Trinajstić information content (AvgIpc) is 2.41. The third-order valence-corrected chi connectivity index (χ3v) is 4.79. The van der Waals surface area contributed by atoms with Gasteiger partial charge < -0.3 is 4.74 Å². The highest BCUT2D eigenvalue weighted by Gasteiger charge is 2.41. The molecular weight excluding hydrogens is 176 g/mol. The molecule has 0 N–H and O–H groups in total. The summed E-state index contributed by atoms with van der Waals surface area (Å²) in [7, 11) is -2.99. The Kier molecular flexibility index (Phi) is 2.25. The maximum atomic E-state index is 11.6. The van der Waals surface area contributed by atoms with Crippen LogP contribution >= 0.6 is 0 Å². The molecule has 0 saturated carbocycles. The first-order valence-corrected chi connectivity index (χ1v) is 5.77. The van der Waals surface area contributed by atoms with Gasteiger partial charge in [0, 0.05) is 0 Å². The molecule has 1 aliphatic rings. The highest BCUT2D eigenvalue weighted by atomic mass is 32.2. The van der Waals surface area contributed by atoms with Gasteiger partial charge in [0.25, 0.3) is 0 Å². The molecule has 1 rings (SSSR count). The Labute approximate surface area is 74.0 Å². The van der Waals surface area contributed by atoms with E-state index in [2.05, 4.69) is 0 Å². The molecule has 0 bridgehead atoms. The Hall–Kier alpha value is -0.0900. The van der Waals surface area contributed by atoms with Crippen molar-refractivity contribution in [1.82, 2.24) is 0 Å². The Morgan fingerprint density at radius 3 is 2.00 bits per heavy atom. The molecule has 0 spiro atoms. The van der Waals surface area contributed by atoms with E-state index in [0.29, 0.717) is 0 Å². The van der Waals surface area contributed by atoms with E-state index in [4.69, 9.17) is 4.74 Å². The molecule has 1 fully saturated rings. The minimum Gasteiger partial charge on any atom is -0.369 e. The van der Waals surface area contributed by atoms with Gasteiger partial charge >= 0.3 is 0 Å². The van der Waals surface area contributed by atoms with Crippen LogP contribution in [0.25, 0.3) is 0 Å². The molecule has 0 aromatic carbocycles. The second-order valence-corrected chi connectivity index (χ2v) is 7.06. The predicted octanol–water partition coefficient (Wildman–Crippen LogP) is 0.987. The second kappa shape index (κ2) is 2.70. The molecule has 0 amide bonds. The maximum absolute atomic E-state index is 11.6. The normalized spacial score (nSPS) is 30.3. The van der Waals surface area contributed by atoms with Gasteiger partial charge in [-0.15, -0.1) is 0 Å². The first kappa shape index (κ1) is 9.99. The highest BCUT2D eigenvalue weighted by Crippen LogP contribution is 2.27. The number of sulfone groups is 1. The van der Waals surface area contributed by atoms with Gasteiger partial charge in [0.15, 0.2) is 9.84 Å². The van der Waals surface area contributed by atoms with Crippen LogP contribution in [-0.4, -0.2) is 31.1 Å². The molecule has 1 heterocycles. The summed E-state index contributed by atoms with van der Waals surface area (Å²) in [4.78, 5) is 0. The smallest absolute Gasteiger partial charge is 0.157 e. The molecule has 3 nitrogen and oxygen atoms in total. The summed E-state index contributed by atoms with van der Waals surface area (Å²) in [5.41, 5.74) is 0. The monoisotopic (exact) mass is 192 g/mol. The van der Waals surface area contributed by atoms with E-state index in [0.717, 1.165) is 0 Å². The summed E-state index contributed by atoms with van der Waals surface area (Å²) in [6.07, 6.45) is 0.0661. The minimum atomic E-state index is -2.99. The maximum Gasteiger partial charge on any atom is 0.157 e. The molecule has 72 valence electrons. The zero-order chi connectivity index (χ0) is 9.57. The van der Waals surface area contributed by atoms with E-state index in [1.165, 1.54) is 0 Å². The van der Waals surface area contributed by atoms with Gasteiger partial charge in [0.1, 0.15) is 0 Å². The molecule has 2 unspecified atom stereocenters. The molecule has 0 aliphatic carbocycles. The van der Waals surface area contributed by atoms with E-state index in [9.17, 15) is 8.42 Å². The Morgan fingerprint density at radius 1 is 1.33 bits per heavy atom. The van der Waals surface area contributed by atoms with Gasteiger partial charge in [-0.05, 0) is 27.7 Å². The molecule has 4 heteroatoms. The Bertz CT molecular complexity index is 261. The molecule has 2 atom stereocenters. The Morgan fingerprint density at radius 2 is 1.75 bits per heavy atom. The van der Waals surface area contributed by atoms with Crippen LogP contribution in [0.5, 0.6) is 0 Å². The number of hydrogen-bond donors (Lipinski definition) is 0. The SMILES string of the molecule is CC1OC1CS(=O)(=O)C(C)(C)C. The van der Waals surface area contributed by atoms with E-state index < -0.39 is 14.6 Å².